The minimum absolute atomic E-state index is 0.114. The maximum Gasteiger partial charge on any atom is 0.248 e. The van der Waals surface area contributed by atoms with Crippen LogP contribution in [-0.2, 0) is 9.53 Å². The molecule has 0 spiro atoms. The van der Waals surface area contributed by atoms with Gasteiger partial charge in [-0.2, -0.15) is 0 Å². The fourth-order valence-electron chi connectivity index (χ4n) is 1.47. The second-order valence-corrected chi connectivity index (χ2v) is 3.26. The van der Waals surface area contributed by atoms with Crippen molar-refractivity contribution in [1.29, 1.82) is 0 Å². The Balaban J connectivity index is 2.31. The van der Waals surface area contributed by atoms with Crippen LogP contribution in [0.3, 0.4) is 0 Å². The maximum atomic E-state index is 11.2. The third kappa shape index (κ3) is 2.97. The molecule has 1 fully saturated rings. The van der Waals surface area contributed by atoms with Gasteiger partial charge in [-0.25, -0.2) is 0 Å². The number of likely N-dealkylation sites (N-methyl/N-ethyl adjacent to an activating group) is 1. The topological polar surface area (TPSA) is 41.6 Å². The summed E-state index contributed by atoms with van der Waals surface area (Å²) in [5, 5.41) is 3.08. The quantitative estimate of drug-likeness (QED) is 0.663. The highest BCUT2D eigenvalue weighted by Crippen LogP contribution is 2.08. The fourth-order valence-corrected chi connectivity index (χ4v) is 1.47. The first-order valence-corrected chi connectivity index (χ1v) is 4.82. The van der Waals surface area contributed by atoms with Gasteiger partial charge in [0.15, 0.2) is 0 Å². The van der Waals surface area contributed by atoms with Gasteiger partial charge in [-0.05, 0) is 26.9 Å². The second-order valence-electron chi connectivity index (χ2n) is 3.26. The minimum atomic E-state index is 0.114. The normalized spacial score (nSPS) is 23.7. The van der Waals surface area contributed by atoms with Crippen molar-refractivity contribution in [2.45, 2.75) is 19.4 Å². The average molecular weight is 186 g/mol. The van der Waals surface area contributed by atoms with Crippen molar-refractivity contribution in [2.75, 3.05) is 33.3 Å². The lowest BCUT2D eigenvalue weighted by Crippen LogP contribution is -2.47. The molecule has 0 aromatic carbocycles. The Labute approximate surface area is 79.2 Å². The molecule has 1 rings (SSSR count). The number of morpholine rings is 1. The predicted octanol–water partition coefficient (Wildman–Crippen LogP) is -0.157. The van der Waals surface area contributed by atoms with Crippen LogP contribution in [0, 0.1) is 0 Å². The summed E-state index contributed by atoms with van der Waals surface area (Å²) in [5.74, 6) is 0.114. The highest BCUT2D eigenvalue weighted by Gasteiger charge is 2.24. The third-order valence-corrected chi connectivity index (χ3v) is 2.32. The molecule has 0 aliphatic carbocycles. The van der Waals surface area contributed by atoms with E-state index in [1.807, 2.05) is 18.9 Å². The van der Waals surface area contributed by atoms with Crippen LogP contribution < -0.4 is 5.32 Å². The number of rotatable bonds is 4. The summed E-state index contributed by atoms with van der Waals surface area (Å²) in [6.07, 6.45) is 1.19. The molecule has 0 aromatic rings. The number of nitrogens with one attached hydrogen (secondary N) is 1. The van der Waals surface area contributed by atoms with Crippen LogP contribution in [-0.4, -0.2) is 50.2 Å². The Morgan fingerprint density at radius 1 is 1.69 bits per heavy atom. The van der Waals surface area contributed by atoms with E-state index in [9.17, 15) is 4.79 Å². The van der Waals surface area contributed by atoms with Gasteiger partial charge in [0.2, 0.25) is 5.91 Å². The van der Waals surface area contributed by atoms with E-state index in [4.69, 9.17) is 4.74 Å². The Bertz CT molecular complexity index is 173. The summed E-state index contributed by atoms with van der Waals surface area (Å²) >= 11 is 0. The molecule has 4 nitrogen and oxygen atoms in total. The molecule has 1 aliphatic rings. The van der Waals surface area contributed by atoms with E-state index in [0.29, 0.717) is 0 Å². The van der Waals surface area contributed by atoms with E-state index in [0.717, 1.165) is 26.1 Å². The monoisotopic (exact) mass is 186 g/mol. The Hall–Kier alpha value is -0.610. The van der Waals surface area contributed by atoms with Crippen molar-refractivity contribution in [3.8, 4) is 0 Å². The van der Waals surface area contributed by atoms with Crippen molar-refractivity contribution in [2.24, 2.45) is 0 Å². The van der Waals surface area contributed by atoms with E-state index in [1.54, 1.807) is 0 Å². The van der Waals surface area contributed by atoms with E-state index >= 15 is 0 Å². The number of amides is 1. The lowest BCUT2D eigenvalue weighted by atomic mass is 10.2. The van der Waals surface area contributed by atoms with Crippen LogP contribution in [0.2, 0.25) is 0 Å². The molecule has 1 aliphatic heterocycles. The van der Waals surface area contributed by atoms with Crippen LogP contribution in [0.4, 0.5) is 0 Å². The largest absolute Gasteiger partial charge is 0.367 e. The fraction of sp³-hybridized carbons (Fsp3) is 0.889. The second kappa shape index (κ2) is 5.19. The van der Waals surface area contributed by atoms with E-state index in [-0.39, 0.29) is 18.6 Å². The summed E-state index contributed by atoms with van der Waals surface area (Å²) in [4.78, 5) is 13.1. The molecule has 1 unspecified atom stereocenters. The van der Waals surface area contributed by atoms with Crippen molar-refractivity contribution >= 4 is 5.91 Å². The van der Waals surface area contributed by atoms with E-state index in [2.05, 4.69) is 5.32 Å². The molecule has 1 saturated heterocycles. The highest BCUT2D eigenvalue weighted by atomic mass is 16.5. The zero-order chi connectivity index (χ0) is 9.68. The molecule has 1 atom stereocenters. The number of carbonyl (C=O) groups excluding carboxylic acids is 1. The number of nitrogens with zero attached hydrogens (tertiary/aromatic N) is 1. The Morgan fingerprint density at radius 3 is 3.08 bits per heavy atom. The van der Waals surface area contributed by atoms with Crippen molar-refractivity contribution in [1.82, 2.24) is 10.2 Å². The van der Waals surface area contributed by atoms with Crippen LogP contribution in [0.25, 0.3) is 0 Å². The van der Waals surface area contributed by atoms with Crippen LogP contribution in [0.1, 0.15) is 13.3 Å². The maximum absolute atomic E-state index is 11.2. The van der Waals surface area contributed by atoms with Crippen LogP contribution in [0.5, 0.6) is 0 Å². The lowest BCUT2D eigenvalue weighted by Gasteiger charge is -2.31. The van der Waals surface area contributed by atoms with Gasteiger partial charge in [0.1, 0.15) is 6.61 Å². The standard InChI is InChI=1S/C9H18N2O2/c1-3-11-6-8(4-5-10-2)13-7-9(11)12/h8,10H,3-7H2,1-2H3. The molecular weight excluding hydrogens is 168 g/mol. The predicted molar refractivity (Wildman–Crippen MR) is 50.5 cm³/mol. The first-order valence-electron chi connectivity index (χ1n) is 4.82. The molecule has 0 bridgehead atoms. The summed E-state index contributed by atoms with van der Waals surface area (Å²) in [6, 6.07) is 0. The number of carbonyl (C=O) groups is 1. The van der Waals surface area contributed by atoms with Gasteiger partial charge < -0.3 is 15.0 Å². The zero-order valence-electron chi connectivity index (χ0n) is 8.38. The van der Waals surface area contributed by atoms with Crippen molar-refractivity contribution in [3.63, 3.8) is 0 Å². The van der Waals surface area contributed by atoms with Crippen LogP contribution >= 0.6 is 0 Å². The smallest absolute Gasteiger partial charge is 0.248 e. The lowest BCUT2D eigenvalue weighted by molar-refractivity contribution is -0.148. The molecular formula is C9H18N2O2. The molecule has 0 saturated carbocycles. The van der Waals surface area contributed by atoms with Gasteiger partial charge in [0, 0.05) is 13.1 Å². The summed E-state index contributed by atoms with van der Waals surface area (Å²) in [7, 11) is 1.92. The molecule has 13 heavy (non-hydrogen) atoms. The minimum Gasteiger partial charge on any atom is -0.367 e. The van der Waals surface area contributed by atoms with Gasteiger partial charge in [-0.15, -0.1) is 0 Å². The first-order chi connectivity index (χ1) is 6.27. The highest BCUT2D eigenvalue weighted by molar-refractivity contribution is 5.78. The summed E-state index contributed by atoms with van der Waals surface area (Å²) < 4.78 is 5.39. The number of ether oxygens (including phenoxy) is 1. The van der Waals surface area contributed by atoms with Crippen molar-refractivity contribution < 1.29 is 9.53 Å². The van der Waals surface area contributed by atoms with E-state index < -0.39 is 0 Å². The summed E-state index contributed by atoms with van der Waals surface area (Å²) in [5.41, 5.74) is 0. The first kappa shape index (κ1) is 10.5. The van der Waals surface area contributed by atoms with Gasteiger partial charge in [0.25, 0.3) is 0 Å². The van der Waals surface area contributed by atoms with Gasteiger partial charge in [-0.3, -0.25) is 4.79 Å². The number of hydrogen-bond acceptors (Lipinski definition) is 3. The zero-order valence-corrected chi connectivity index (χ0v) is 8.38. The van der Waals surface area contributed by atoms with Gasteiger partial charge in [0.05, 0.1) is 6.10 Å². The third-order valence-electron chi connectivity index (χ3n) is 2.32. The molecule has 76 valence electrons. The Kier molecular flexibility index (Phi) is 4.18. The molecule has 1 N–H and O–H groups in total. The molecule has 1 heterocycles. The SMILES string of the molecule is CCN1CC(CCNC)OCC1=O. The molecule has 0 radical (unpaired) electrons. The van der Waals surface area contributed by atoms with Gasteiger partial charge >= 0.3 is 0 Å². The number of hydrogen-bond donors (Lipinski definition) is 1. The van der Waals surface area contributed by atoms with Crippen LogP contribution in [0.15, 0.2) is 0 Å². The van der Waals surface area contributed by atoms with Gasteiger partial charge in [-0.1, -0.05) is 0 Å². The van der Waals surface area contributed by atoms with Crippen molar-refractivity contribution in [3.05, 3.63) is 0 Å². The summed E-state index contributed by atoms with van der Waals surface area (Å²) in [6.45, 7) is 4.73. The average Bonchev–Trinajstić information content (AvgIpc) is 2.16. The molecule has 0 aromatic heterocycles. The van der Waals surface area contributed by atoms with E-state index in [1.165, 1.54) is 0 Å². The molecule has 1 amide bonds. The molecule has 4 heteroatoms. The Morgan fingerprint density at radius 2 is 2.46 bits per heavy atom.